The summed E-state index contributed by atoms with van der Waals surface area (Å²) >= 11 is 0. The molecule has 0 saturated carbocycles. The molecule has 0 aliphatic rings. The molecular weight excluding hydrogens is 618 g/mol. The molecule has 2 unspecified atom stereocenters. The quantitative estimate of drug-likeness (QED) is 0.0362. The molecular formula is C41H79NO7. The fourth-order valence-electron chi connectivity index (χ4n) is 6.25. The number of hydrogen-bond donors (Lipinski definition) is 0. The van der Waals surface area contributed by atoms with Gasteiger partial charge in [-0.05, 0) is 12.8 Å². The Morgan fingerprint density at radius 2 is 0.898 bits per heavy atom. The van der Waals surface area contributed by atoms with Crippen molar-refractivity contribution >= 4 is 17.9 Å². The third kappa shape index (κ3) is 32.0. The minimum absolute atomic E-state index is 0.0481. The Labute approximate surface area is 302 Å². The SMILES string of the molecule is CCCCCCCCCCCCCCCCCCCCC(=O)OC(COCCC(C(=O)[O-])[N+](C)(C)C)COC(=O)CCCCCCCCC. The van der Waals surface area contributed by atoms with Gasteiger partial charge in [0.05, 0.1) is 40.3 Å². The predicted octanol–water partition coefficient (Wildman–Crippen LogP) is 9.25. The maximum Gasteiger partial charge on any atom is 0.306 e. The number of hydrogen-bond acceptors (Lipinski definition) is 7. The van der Waals surface area contributed by atoms with Crippen LogP contribution < -0.4 is 5.11 Å². The number of nitrogens with zero attached hydrogens (tertiary/aromatic N) is 1. The third-order valence-corrected chi connectivity index (χ3v) is 9.49. The summed E-state index contributed by atoms with van der Waals surface area (Å²) in [5, 5.41) is 11.6. The summed E-state index contributed by atoms with van der Waals surface area (Å²) in [6, 6.07) is -0.717. The number of rotatable bonds is 37. The second-order valence-corrected chi connectivity index (χ2v) is 15.2. The van der Waals surface area contributed by atoms with E-state index in [-0.39, 0.29) is 42.7 Å². The van der Waals surface area contributed by atoms with E-state index in [0.29, 0.717) is 12.8 Å². The van der Waals surface area contributed by atoms with Gasteiger partial charge in [0.25, 0.3) is 0 Å². The van der Waals surface area contributed by atoms with Gasteiger partial charge in [-0.1, -0.05) is 162 Å². The fraction of sp³-hybridized carbons (Fsp3) is 0.927. The summed E-state index contributed by atoms with van der Waals surface area (Å²) in [5.41, 5.74) is 0. The lowest BCUT2D eigenvalue weighted by molar-refractivity contribution is -0.889. The topological polar surface area (TPSA) is 102 Å². The smallest absolute Gasteiger partial charge is 0.306 e. The summed E-state index contributed by atoms with van der Waals surface area (Å²) in [7, 11) is 5.40. The first-order valence-electron chi connectivity index (χ1n) is 20.6. The lowest BCUT2D eigenvalue weighted by Crippen LogP contribution is -2.55. The van der Waals surface area contributed by atoms with E-state index in [0.717, 1.165) is 38.5 Å². The summed E-state index contributed by atoms with van der Waals surface area (Å²) in [6.45, 7) is 4.64. The second-order valence-electron chi connectivity index (χ2n) is 15.2. The fourth-order valence-corrected chi connectivity index (χ4v) is 6.25. The average molecular weight is 698 g/mol. The van der Waals surface area contributed by atoms with E-state index >= 15 is 0 Å². The molecule has 0 aliphatic heterocycles. The highest BCUT2D eigenvalue weighted by molar-refractivity contribution is 5.70. The first-order valence-corrected chi connectivity index (χ1v) is 20.6. The monoisotopic (exact) mass is 698 g/mol. The number of carbonyl (C=O) groups excluding carboxylic acids is 3. The third-order valence-electron chi connectivity index (χ3n) is 9.49. The molecule has 0 N–H and O–H groups in total. The molecule has 0 aromatic rings. The summed E-state index contributed by atoms with van der Waals surface area (Å²) in [4.78, 5) is 36.6. The Kier molecular flexibility index (Phi) is 32.3. The number of unbranched alkanes of at least 4 members (excludes halogenated alkanes) is 23. The summed E-state index contributed by atoms with van der Waals surface area (Å²) < 4.78 is 17.1. The minimum atomic E-state index is -1.12. The van der Waals surface area contributed by atoms with Gasteiger partial charge in [0.2, 0.25) is 0 Å². The highest BCUT2D eigenvalue weighted by atomic mass is 16.6. The number of ether oxygens (including phenoxy) is 3. The van der Waals surface area contributed by atoms with Crippen molar-refractivity contribution in [1.82, 2.24) is 0 Å². The number of quaternary nitrogens is 1. The first-order chi connectivity index (χ1) is 23.6. The van der Waals surface area contributed by atoms with Crippen LogP contribution in [0.3, 0.4) is 0 Å². The number of esters is 2. The van der Waals surface area contributed by atoms with Crippen LogP contribution >= 0.6 is 0 Å². The van der Waals surface area contributed by atoms with Crippen LogP contribution in [0.5, 0.6) is 0 Å². The summed E-state index contributed by atoms with van der Waals surface area (Å²) in [6.07, 6.45) is 31.4. The molecule has 0 aromatic heterocycles. The van der Waals surface area contributed by atoms with Crippen molar-refractivity contribution in [1.29, 1.82) is 0 Å². The lowest BCUT2D eigenvalue weighted by Gasteiger charge is -2.34. The van der Waals surface area contributed by atoms with Crippen LogP contribution in [-0.4, -0.2) is 75.5 Å². The predicted molar refractivity (Wildman–Crippen MR) is 199 cm³/mol. The molecule has 0 spiro atoms. The average Bonchev–Trinajstić information content (AvgIpc) is 3.05. The molecule has 0 saturated heterocycles. The number of carboxylic acid groups (broad SMARTS) is 1. The zero-order chi connectivity index (χ0) is 36.4. The van der Waals surface area contributed by atoms with Crippen LogP contribution in [0.15, 0.2) is 0 Å². The number of carbonyl (C=O) groups is 3. The van der Waals surface area contributed by atoms with E-state index in [2.05, 4.69) is 13.8 Å². The Morgan fingerprint density at radius 1 is 0.531 bits per heavy atom. The minimum Gasteiger partial charge on any atom is -0.544 e. The molecule has 0 aromatic carbocycles. The van der Waals surface area contributed by atoms with Gasteiger partial charge in [-0.2, -0.15) is 0 Å². The van der Waals surface area contributed by atoms with Crippen molar-refractivity contribution in [3.05, 3.63) is 0 Å². The standard InChI is InChI=1S/C41H79NO7/c1-6-8-10-12-14-15-16-17-18-19-20-21-22-23-24-26-28-30-32-40(44)49-37(35-47-34-33-38(41(45)46)42(3,4)5)36-48-39(43)31-29-27-25-13-11-9-7-2/h37-38H,6-36H2,1-5H3. The molecule has 0 amide bonds. The van der Waals surface area contributed by atoms with Crippen LogP contribution in [-0.2, 0) is 28.6 Å². The molecule has 8 heteroatoms. The van der Waals surface area contributed by atoms with Crippen LogP contribution in [0.2, 0.25) is 0 Å². The van der Waals surface area contributed by atoms with Gasteiger partial charge in [-0.3, -0.25) is 9.59 Å². The number of likely N-dealkylation sites (N-methyl/N-ethyl adjacent to an activating group) is 1. The maximum atomic E-state index is 12.6. The highest BCUT2D eigenvalue weighted by Gasteiger charge is 2.25. The van der Waals surface area contributed by atoms with Gasteiger partial charge in [0.15, 0.2) is 6.10 Å². The molecule has 2 atom stereocenters. The molecule has 8 nitrogen and oxygen atoms in total. The van der Waals surface area contributed by atoms with E-state index in [1.165, 1.54) is 122 Å². The maximum absolute atomic E-state index is 12.6. The molecule has 0 fully saturated rings. The zero-order valence-corrected chi connectivity index (χ0v) is 32.9. The van der Waals surface area contributed by atoms with Crippen molar-refractivity contribution < 1.29 is 38.2 Å². The largest absolute Gasteiger partial charge is 0.544 e. The van der Waals surface area contributed by atoms with E-state index < -0.39 is 18.1 Å². The van der Waals surface area contributed by atoms with E-state index in [1.807, 2.05) is 0 Å². The van der Waals surface area contributed by atoms with Crippen molar-refractivity contribution in [2.75, 3.05) is 41.0 Å². The van der Waals surface area contributed by atoms with Crippen LogP contribution in [0, 0.1) is 0 Å². The van der Waals surface area contributed by atoms with Gasteiger partial charge < -0.3 is 28.6 Å². The van der Waals surface area contributed by atoms with Crippen LogP contribution in [0.4, 0.5) is 0 Å². The van der Waals surface area contributed by atoms with E-state index in [1.54, 1.807) is 21.1 Å². The Bertz CT molecular complexity index is 782. The van der Waals surface area contributed by atoms with Crippen molar-refractivity contribution in [3.8, 4) is 0 Å². The van der Waals surface area contributed by atoms with Crippen molar-refractivity contribution in [2.45, 2.75) is 206 Å². The number of aliphatic carboxylic acids is 1. The Balaban J connectivity index is 4.22. The first kappa shape index (κ1) is 47.3. The van der Waals surface area contributed by atoms with Gasteiger partial charge in [-0.25, -0.2) is 0 Å². The van der Waals surface area contributed by atoms with Crippen LogP contribution in [0.1, 0.15) is 194 Å². The van der Waals surface area contributed by atoms with Gasteiger partial charge in [-0.15, -0.1) is 0 Å². The zero-order valence-electron chi connectivity index (χ0n) is 32.9. The van der Waals surface area contributed by atoms with Crippen LogP contribution in [0.25, 0.3) is 0 Å². The number of carboxylic acids is 1. The second kappa shape index (κ2) is 33.5. The highest BCUT2D eigenvalue weighted by Crippen LogP contribution is 2.15. The Hall–Kier alpha value is -1.67. The molecule has 0 heterocycles. The lowest BCUT2D eigenvalue weighted by atomic mass is 10.0. The van der Waals surface area contributed by atoms with E-state index in [4.69, 9.17) is 14.2 Å². The van der Waals surface area contributed by atoms with Crippen molar-refractivity contribution in [2.24, 2.45) is 0 Å². The summed E-state index contributed by atoms with van der Waals surface area (Å²) in [5.74, 6) is -1.73. The molecule has 0 rings (SSSR count). The molecule has 49 heavy (non-hydrogen) atoms. The molecule has 290 valence electrons. The Morgan fingerprint density at radius 3 is 1.27 bits per heavy atom. The normalized spacial score (nSPS) is 12.9. The van der Waals surface area contributed by atoms with Crippen molar-refractivity contribution in [3.63, 3.8) is 0 Å². The van der Waals surface area contributed by atoms with Gasteiger partial charge in [0, 0.05) is 19.3 Å². The molecule has 0 bridgehead atoms. The van der Waals surface area contributed by atoms with Gasteiger partial charge in [0.1, 0.15) is 12.6 Å². The molecule has 0 radical (unpaired) electrons. The van der Waals surface area contributed by atoms with Gasteiger partial charge >= 0.3 is 11.9 Å². The van der Waals surface area contributed by atoms with E-state index in [9.17, 15) is 19.5 Å². The molecule has 0 aliphatic carbocycles.